The molecule has 1 aliphatic heterocycles. The average molecular weight is 425 g/mol. The van der Waals surface area contributed by atoms with Crippen LogP contribution in [0.3, 0.4) is 0 Å². The number of nitrogens with zero attached hydrogens (tertiary/aromatic N) is 1. The highest BCUT2D eigenvalue weighted by Gasteiger charge is 2.18. The van der Waals surface area contributed by atoms with Crippen LogP contribution in [0.2, 0.25) is 0 Å². The summed E-state index contributed by atoms with van der Waals surface area (Å²) >= 11 is 0. The van der Waals surface area contributed by atoms with Gasteiger partial charge in [-0.15, -0.1) is 0 Å². The standard InChI is InChI=1S/C23H28N4O4/c1-3-21(28)26-20-6-4-5-19(16(20)2)24-15-22(29)25-18-9-7-17(8-10-18)23(30)27-11-13-31-14-12-27/h4-10,24H,3,11-15H2,1-2H3,(H,25,29)(H,26,28). The van der Waals surface area contributed by atoms with Crippen LogP contribution in [-0.4, -0.2) is 55.5 Å². The predicted octanol–water partition coefficient (Wildman–Crippen LogP) is 2.87. The molecule has 0 atom stereocenters. The van der Waals surface area contributed by atoms with Crippen LogP contribution in [0, 0.1) is 6.92 Å². The van der Waals surface area contributed by atoms with Gasteiger partial charge in [-0.2, -0.15) is 0 Å². The first-order valence-electron chi connectivity index (χ1n) is 10.4. The summed E-state index contributed by atoms with van der Waals surface area (Å²) in [6.45, 7) is 6.04. The number of nitrogens with one attached hydrogen (secondary N) is 3. The maximum absolute atomic E-state index is 12.5. The molecule has 3 N–H and O–H groups in total. The molecular formula is C23H28N4O4. The number of rotatable bonds is 7. The molecule has 8 nitrogen and oxygen atoms in total. The Morgan fingerprint density at radius 1 is 0.935 bits per heavy atom. The van der Waals surface area contributed by atoms with Gasteiger partial charge in [0.15, 0.2) is 0 Å². The number of amides is 3. The highest BCUT2D eigenvalue weighted by Crippen LogP contribution is 2.23. The Kier molecular flexibility index (Phi) is 7.61. The Labute approximate surface area is 182 Å². The van der Waals surface area contributed by atoms with Crippen molar-refractivity contribution in [3.63, 3.8) is 0 Å². The van der Waals surface area contributed by atoms with Crippen molar-refractivity contribution in [3.05, 3.63) is 53.6 Å². The second-order valence-electron chi connectivity index (χ2n) is 7.26. The maximum atomic E-state index is 12.5. The molecule has 0 aliphatic carbocycles. The fourth-order valence-electron chi connectivity index (χ4n) is 3.23. The molecule has 0 spiro atoms. The number of hydrogen-bond donors (Lipinski definition) is 3. The first-order valence-corrected chi connectivity index (χ1v) is 10.4. The molecule has 2 aromatic rings. The van der Waals surface area contributed by atoms with Crippen molar-refractivity contribution in [1.29, 1.82) is 0 Å². The van der Waals surface area contributed by atoms with E-state index < -0.39 is 0 Å². The van der Waals surface area contributed by atoms with Crippen LogP contribution in [0.5, 0.6) is 0 Å². The minimum atomic E-state index is -0.213. The van der Waals surface area contributed by atoms with Crippen LogP contribution in [0.15, 0.2) is 42.5 Å². The molecular weight excluding hydrogens is 396 g/mol. The normalized spacial score (nSPS) is 13.4. The van der Waals surface area contributed by atoms with E-state index in [0.717, 1.165) is 16.9 Å². The quantitative estimate of drug-likeness (QED) is 0.635. The van der Waals surface area contributed by atoms with E-state index in [1.807, 2.05) is 25.1 Å². The van der Waals surface area contributed by atoms with E-state index in [0.29, 0.717) is 44.0 Å². The average Bonchev–Trinajstić information content (AvgIpc) is 2.80. The lowest BCUT2D eigenvalue weighted by Crippen LogP contribution is -2.40. The number of carbonyl (C=O) groups is 3. The molecule has 1 aliphatic rings. The molecule has 2 aromatic carbocycles. The van der Waals surface area contributed by atoms with Crippen molar-refractivity contribution in [2.24, 2.45) is 0 Å². The number of hydrogen-bond acceptors (Lipinski definition) is 5. The zero-order valence-corrected chi connectivity index (χ0v) is 17.9. The fraction of sp³-hybridized carbons (Fsp3) is 0.348. The third kappa shape index (κ3) is 6.05. The number of anilines is 3. The van der Waals surface area contributed by atoms with E-state index in [4.69, 9.17) is 4.74 Å². The smallest absolute Gasteiger partial charge is 0.254 e. The van der Waals surface area contributed by atoms with E-state index in [-0.39, 0.29) is 24.3 Å². The van der Waals surface area contributed by atoms with Crippen molar-refractivity contribution in [2.75, 3.05) is 48.8 Å². The number of carbonyl (C=O) groups excluding carboxylic acids is 3. The first kappa shape index (κ1) is 22.3. The first-order chi connectivity index (χ1) is 15.0. The topological polar surface area (TPSA) is 99.8 Å². The van der Waals surface area contributed by atoms with Crippen molar-refractivity contribution >= 4 is 34.8 Å². The molecule has 0 aromatic heterocycles. The van der Waals surface area contributed by atoms with Crippen LogP contribution in [0.25, 0.3) is 0 Å². The van der Waals surface area contributed by atoms with Crippen LogP contribution >= 0.6 is 0 Å². The summed E-state index contributed by atoms with van der Waals surface area (Å²) in [6.07, 6.45) is 0.399. The van der Waals surface area contributed by atoms with Gasteiger partial charge in [-0.05, 0) is 48.9 Å². The lowest BCUT2D eigenvalue weighted by atomic mass is 10.1. The Morgan fingerprint density at radius 3 is 2.29 bits per heavy atom. The molecule has 31 heavy (non-hydrogen) atoms. The largest absolute Gasteiger partial charge is 0.378 e. The Hall–Kier alpha value is -3.39. The van der Waals surface area contributed by atoms with Crippen molar-refractivity contribution < 1.29 is 19.1 Å². The summed E-state index contributed by atoms with van der Waals surface area (Å²) in [5, 5.41) is 8.77. The number of benzene rings is 2. The van der Waals surface area contributed by atoms with Crippen molar-refractivity contribution in [3.8, 4) is 0 Å². The van der Waals surface area contributed by atoms with Gasteiger partial charge in [0.25, 0.3) is 5.91 Å². The van der Waals surface area contributed by atoms with Crippen molar-refractivity contribution in [2.45, 2.75) is 20.3 Å². The third-order valence-corrected chi connectivity index (χ3v) is 5.08. The summed E-state index contributed by atoms with van der Waals surface area (Å²) in [7, 11) is 0. The molecule has 0 bridgehead atoms. The van der Waals surface area contributed by atoms with E-state index in [2.05, 4.69) is 16.0 Å². The van der Waals surface area contributed by atoms with Crippen molar-refractivity contribution in [1.82, 2.24) is 4.90 Å². The van der Waals surface area contributed by atoms with Gasteiger partial charge in [0.05, 0.1) is 19.8 Å². The minimum Gasteiger partial charge on any atom is -0.378 e. The van der Waals surface area contributed by atoms with Gasteiger partial charge >= 0.3 is 0 Å². The van der Waals surface area contributed by atoms with Crippen LogP contribution in [0.4, 0.5) is 17.1 Å². The Bertz CT molecular complexity index is 937. The van der Waals surface area contributed by atoms with Gasteiger partial charge < -0.3 is 25.6 Å². The van der Waals surface area contributed by atoms with E-state index in [9.17, 15) is 14.4 Å². The van der Waals surface area contributed by atoms with Gasteiger partial charge in [-0.1, -0.05) is 13.0 Å². The summed E-state index contributed by atoms with van der Waals surface area (Å²) in [6, 6.07) is 12.4. The number of ether oxygens (including phenoxy) is 1. The summed E-state index contributed by atoms with van der Waals surface area (Å²) in [5.41, 5.74) is 3.56. The zero-order chi connectivity index (χ0) is 22.2. The number of morpholine rings is 1. The highest BCUT2D eigenvalue weighted by molar-refractivity contribution is 5.97. The molecule has 3 amide bonds. The minimum absolute atomic E-state index is 0.0339. The van der Waals surface area contributed by atoms with E-state index in [1.54, 1.807) is 36.1 Å². The monoisotopic (exact) mass is 424 g/mol. The van der Waals surface area contributed by atoms with Gasteiger partial charge in [0.2, 0.25) is 11.8 Å². The summed E-state index contributed by atoms with van der Waals surface area (Å²) in [5.74, 6) is -0.309. The van der Waals surface area contributed by atoms with Crippen LogP contribution < -0.4 is 16.0 Å². The fourth-order valence-corrected chi connectivity index (χ4v) is 3.23. The molecule has 1 saturated heterocycles. The van der Waals surface area contributed by atoms with Gasteiger partial charge in [-0.3, -0.25) is 14.4 Å². The summed E-state index contributed by atoms with van der Waals surface area (Å²) in [4.78, 5) is 38.2. The molecule has 164 valence electrons. The predicted molar refractivity (Wildman–Crippen MR) is 120 cm³/mol. The molecule has 0 radical (unpaired) electrons. The van der Waals surface area contributed by atoms with Gasteiger partial charge in [0, 0.05) is 42.1 Å². The maximum Gasteiger partial charge on any atom is 0.254 e. The molecule has 3 rings (SSSR count). The Balaban J connectivity index is 1.53. The highest BCUT2D eigenvalue weighted by atomic mass is 16.5. The Morgan fingerprint density at radius 2 is 1.61 bits per heavy atom. The van der Waals surface area contributed by atoms with E-state index in [1.165, 1.54) is 0 Å². The third-order valence-electron chi connectivity index (χ3n) is 5.08. The molecule has 1 fully saturated rings. The van der Waals surface area contributed by atoms with Gasteiger partial charge in [0.1, 0.15) is 0 Å². The molecule has 1 heterocycles. The van der Waals surface area contributed by atoms with E-state index >= 15 is 0 Å². The zero-order valence-electron chi connectivity index (χ0n) is 17.9. The van der Waals surface area contributed by atoms with Gasteiger partial charge in [-0.25, -0.2) is 0 Å². The molecule has 8 heteroatoms. The second-order valence-corrected chi connectivity index (χ2v) is 7.26. The van der Waals surface area contributed by atoms with Crippen LogP contribution in [0.1, 0.15) is 29.3 Å². The van der Waals surface area contributed by atoms with Crippen LogP contribution in [-0.2, 0) is 14.3 Å². The lowest BCUT2D eigenvalue weighted by Gasteiger charge is -2.26. The molecule has 0 saturated carbocycles. The second kappa shape index (κ2) is 10.6. The lowest BCUT2D eigenvalue weighted by molar-refractivity contribution is -0.116. The SMILES string of the molecule is CCC(=O)Nc1cccc(NCC(=O)Nc2ccc(C(=O)N3CCOCC3)cc2)c1C. The molecule has 0 unspecified atom stereocenters. The summed E-state index contributed by atoms with van der Waals surface area (Å²) < 4.78 is 5.27.